The Morgan fingerprint density at radius 2 is 1.69 bits per heavy atom. The highest BCUT2D eigenvalue weighted by atomic mass is 35.5. The number of ether oxygens (including phenoxy) is 2. The van der Waals surface area contributed by atoms with Gasteiger partial charge in [0.25, 0.3) is 5.91 Å². The van der Waals surface area contributed by atoms with Crippen LogP contribution in [0, 0.1) is 0 Å². The van der Waals surface area contributed by atoms with E-state index in [0.717, 1.165) is 17.3 Å². The molecule has 1 unspecified atom stereocenters. The Hall–Kier alpha value is -2.84. The summed E-state index contributed by atoms with van der Waals surface area (Å²) in [6.07, 6.45) is 1.74. The second kappa shape index (κ2) is 11.9. The number of hydrogen-bond acceptors (Lipinski definition) is 6. The van der Waals surface area contributed by atoms with Gasteiger partial charge in [-0.1, -0.05) is 95.7 Å². The number of nitrogens with zero attached hydrogens (tertiary/aromatic N) is 1. The first-order valence-electron chi connectivity index (χ1n) is 11.0. The van der Waals surface area contributed by atoms with Crippen molar-refractivity contribution in [3.05, 3.63) is 104 Å². The molecule has 3 aromatic rings. The number of benzene rings is 3. The number of esters is 1. The van der Waals surface area contributed by atoms with Gasteiger partial charge >= 0.3 is 5.97 Å². The molecule has 36 heavy (non-hydrogen) atoms. The first kappa shape index (κ1) is 26.2. The Balaban J connectivity index is 1.51. The van der Waals surface area contributed by atoms with Gasteiger partial charge in [-0.15, -0.1) is 0 Å². The van der Waals surface area contributed by atoms with Gasteiger partial charge in [-0.05, 0) is 48.4 Å². The van der Waals surface area contributed by atoms with E-state index < -0.39 is 12.0 Å². The van der Waals surface area contributed by atoms with Crippen LogP contribution in [0.25, 0.3) is 6.08 Å². The van der Waals surface area contributed by atoms with Gasteiger partial charge in [0.05, 0.1) is 11.5 Å². The molecule has 9 heteroatoms. The van der Waals surface area contributed by atoms with E-state index in [2.05, 4.69) is 0 Å². The molecule has 0 aromatic heterocycles. The minimum atomic E-state index is -0.947. The predicted octanol–water partition coefficient (Wildman–Crippen LogP) is 7.08. The second-order valence-electron chi connectivity index (χ2n) is 7.67. The van der Waals surface area contributed by atoms with E-state index >= 15 is 0 Å². The van der Waals surface area contributed by atoms with Crippen LogP contribution in [0.4, 0.5) is 0 Å². The van der Waals surface area contributed by atoms with E-state index in [1.807, 2.05) is 18.2 Å². The average molecular weight is 559 g/mol. The third-order valence-electron chi connectivity index (χ3n) is 5.33. The van der Waals surface area contributed by atoms with E-state index in [-0.39, 0.29) is 19.1 Å². The van der Waals surface area contributed by atoms with Crippen LogP contribution in [0.1, 0.15) is 29.7 Å². The van der Waals surface area contributed by atoms with Gasteiger partial charge in [-0.3, -0.25) is 9.69 Å². The third-order valence-corrected chi connectivity index (χ3v) is 7.37. The summed E-state index contributed by atoms with van der Waals surface area (Å²) in [5.41, 5.74) is 2.13. The largest absolute Gasteiger partial charge is 0.489 e. The number of amides is 1. The van der Waals surface area contributed by atoms with E-state index in [1.165, 1.54) is 4.90 Å². The molecule has 0 spiro atoms. The van der Waals surface area contributed by atoms with Crippen molar-refractivity contribution >= 4 is 69.5 Å². The number of carbonyl (C=O) groups is 2. The zero-order chi connectivity index (χ0) is 25.7. The summed E-state index contributed by atoms with van der Waals surface area (Å²) in [7, 11) is 0. The summed E-state index contributed by atoms with van der Waals surface area (Å²) in [6.45, 7) is 2.15. The van der Waals surface area contributed by atoms with Crippen molar-refractivity contribution in [1.82, 2.24) is 4.90 Å². The molecule has 5 nitrogen and oxygen atoms in total. The van der Waals surface area contributed by atoms with Gasteiger partial charge in [0.2, 0.25) is 0 Å². The predicted molar refractivity (Wildman–Crippen MR) is 148 cm³/mol. The van der Waals surface area contributed by atoms with Crippen LogP contribution < -0.4 is 4.74 Å². The van der Waals surface area contributed by atoms with Crippen molar-refractivity contribution in [3.8, 4) is 5.75 Å². The Bertz CT molecular complexity index is 1290. The fraction of sp³-hybridized carbons (Fsp3) is 0.148. The number of thioether (sulfide) groups is 1. The van der Waals surface area contributed by atoms with Gasteiger partial charge in [-0.2, -0.15) is 0 Å². The van der Waals surface area contributed by atoms with Crippen molar-refractivity contribution in [2.45, 2.75) is 19.6 Å². The van der Waals surface area contributed by atoms with Crippen molar-refractivity contribution in [1.29, 1.82) is 0 Å². The smallest absolute Gasteiger partial charge is 0.333 e. The zero-order valence-corrected chi connectivity index (χ0v) is 22.3. The fourth-order valence-corrected chi connectivity index (χ4v) is 5.41. The standard InChI is InChI=1S/C27H21Cl2NO4S2/c1-2-33-26(32)24(18-7-4-3-5-8-18)30-25(31)23(36-27(30)35)15-17-11-13-19(14-12-17)34-16-20-21(28)9-6-10-22(20)29/h3-15,24H,2,16H2,1H3/b23-15-. The summed E-state index contributed by atoms with van der Waals surface area (Å²) in [5.74, 6) is -0.246. The summed E-state index contributed by atoms with van der Waals surface area (Å²) in [5, 5.41) is 1.08. The average Bonchev–Trinajstić information content (AvgIpc) is 3.13. The molecule has 1 saturated heterocycles. The first-order valence-corrected chi connectivity index (χ1v) is 13.0. The lowest BCUT2D eigenvalue weighted by Crippen LogP contribution is -2.38. The molecule has 1 aliphatic heterocycles. The van der Waals surface area contributed by atoms with E-state index in [4.69, 9.17) is 44.9 Å². The lowest BCUT2D eigenvalue weighted by atomic mass is 10.1. The van der Waals surface area contributed by atoms with Gasteiger partial charge in [0.1, 0.15) is 16.7 Å². The maximum absolute atomic E-state index is 13.3. The van der Waals surface area contributed by atoms with Crippen LogP contribution in [-0.2, 0) is 20.9 Å². The monoisotopic (exact) mass is 557 g/mol. The van der Waals surface area contributed by atoms with E-state index in [0.29, 0.717) is 36.1 Å². The van der Waals surface area contributed by atoms with Crippen LogP contribution in [0.2, 0.25) is 10.0 Å². The Labute approximate surface area is 229 Å². The quantitative estimate of drug-likeness (QED) is 0.167. The Morgan fingerprint density at radius 3 is 2.33 bits per heavy atom. The van der Waals surface area contributed by atoms with Gasteiger partial charge in [-0.25, -0.2) is 4.79 Å². The van der Waals surface area contributed by atoms with Crippen LogP contribution in [0.5, 0.6) is 5.75 Å². The molecular formula is C27H21Cl2NO4S2. The van der Waals surface area contributed by atoms with Crippen LogP contribution >= 0.6 is 47.2 Å². The van der Waals surface area contributed by atoms with Crippen molar-refractivity contribution in [2.24, 2.45) is 0 Å². The van der Waals surface area contributed by atoms with E-state index in [1.54, 1.807) is 67.6 Å². The molecule has 1 aliphatic rings. The number of hydrogen-bond donors (Lipinski definition) is 0. The van der Waals surface area contributed by atoms with Crippen LogP contribution in [0.15, 0.2) is 77.7 Å². The van der Waals surface area contributed by atoms with Crippen molar-refractivity contribution < 1.29 is 19.1 Å². The number of carbonyl (C=O) groups excluding carboxylic acids is 2. The van der Waals surface area contributed by atoms with Crippen LogP contribution in [0.3, 0.4) is 0 Å². The minimum absolute atomic E-state index is 0.198. The summed E-state index contributed by atoms with van der Waals surface area (Å²) < 4.78 is 11.4. The highest BCUT2D eigenvalue weighted by molar-refractivity contribution is 8.26. The highest BCUT2D eigenvalue weighted by Gasteiger charge is 2.42. The lowest BCUT2D eigenvalue weighted by molar-refractivity contribution is -0.151. The molecule has 0 aliphatic carbocycles. The maximum Gasteiger partial charge on any atom is 0.333 e. The molecule has 0 saturated carbocycles. The molecule has 0 bridgehead atoms. The van der Waals surface area contributed by atoms with Crippen molar-refractivity contribution in [3.63, 3.8) is 0 Å². The molecule has 1 atom stereocenters. The zero-order valence-electron chi connectivity index (χ0n) is 19.1. The number of thiocarbonyl (C=S) groups is 1. The molecule has 1 amide bonds. The fourth-order valence-electron chi connectivity index (χ4n) is 3.59. The molecule has 4 rings (SSSR count). The molecule has 184 valence electrons. The minimum Gasteiger partial charge on any atom is -0.489 e. The third kappa shape index (κ3) is 5.93. The first-order chi connectivity index (χ1) is 17.4. The SMILES string of the molecule is CCOC(=O)C(c1ccccc1)N1C(=O)/C(=C/c2ccc(OCc3c(Cl)cccc3Cl)cc2)SC1=S. The summed E-state index contributed by atoms with van der Waals surface area (Å²) >= 11 is 19.0. The summed E-state index contributed by atoms with van der Waals surface area (Å²) in [6, 6.07) is 20.6. The molecule has 0 radical (unpaired) electrons. The molecule has 1 fully saturated rings. The topological polar surface area (TPSA) is 55.8 Å². The van der Waals surface area contributed by atoms with Crippen LogP contribution in [-0.4, -0.2) is 27.7 Å². The molecule has 0 N–H and O–H groups in total. The van der Waals surface area contributed by atoms with E-state index in [9.17, 15) is 9.59 Å². The number of halogens is 2. The van der Waals surface area contributed by atoms with Gasteiger partial charge in [0, 0.05) is 15.6 Å². The molecule has 3 aromatic carbocycles. The summed E-state index contributed by atoms with van der Waals surface area (Å²) in [4.78, 5) is 27.9. The normalized spacial score (nSPS) is 15.3. The lowest BCUT2D eigenvalue weighted by Gasteiger charge is -2.25. The Morgan fingerprint density at radius 1 is 1.03 bits per heavy atom. The second-order valence-corrected chi connectivity index (χ2v) is 10.2. The maximum atomic E-state index is 13.3. The van der Waals surface area contributed by atoms with Gasteiger partial charge in [0.15, 0.2) is 6.04 Å². The Kier molecular flexibility index (Phi) is 8.69. The molecule has 1 heterocycles. The van der Waals surface area contributed by atoms with Gasteiger partial charge < -0.3 is 9.47 Å². The highest BCUT2D eigenvalue weighted by Crippen LogP contribution is 2.39. The number of rotatable bonds is 8. The van der Waals surface area contributed by atoms with Crippen molar-refractivity contribution in [2.75, 3.05) is 6.61 Å². The molecular weight excluding hydrogens is 537 g/mol.